The van der Waals surface area contributed by atoms with E-state index in [0.29, 0.717) is 11.5 Å². The minimum atomic E-state index is -0.181. The molecule has 3 rings (SSSR count). The van der Waals surface area contributed by atoms with Crippen LogP contribution in [0.1, 0.15) is 10.4 Å². The predicted molar refractivity (Wildman–Crippen MR) is 72.9 cm³/mol. The summed E-state index contributed by atoms with van der Waals surface area (Å²) in [7, 11) is 1.82. The smallest absolute Gasteiger partial charge is 0.257 e. The molecule has 0 saturated heterocycles. The van der Waals surface area contributed by atoms with E-state index in [-0.39, 0.29) is 5.91 Å². The minimum absolute atomic E-state index is 0.181. The maximum atomic E-state index is 12.1. The maximum Gasteiger partial charge on any atom is 0.257 e. The van der Waals surface area contributed by atoms with E-state index in [1.165, 1.54) is 0 Å². The molecule has 0 aliphatic carbocycles. The van der Waals surface area contributed by atoms with Gasteiger partial charge in [-0.05, 0) is 24.3 Å². The SMILES string of the molecule is Cn1c(NC(=O)c2ccccc2)nc2cccnc21. The Morgan fingerprint density at radius 3 is 2.68 bits per heavy atom. The van der Waals surface area contributed by atoms with Crippen molar-refractivity contribution in [2.75, 3.05) is 5.32 Å². The molecule has 0 fully saturated rings. The fraction of sp³-hybridized carbons (Fsp3) is 0.0714. The summed E-state index contributed by atoms with van der Waals surface area (Å²) in [5.41, 5.74) is 2.10. The molecule has 0 unspecified atom stereocenters. The maximum absolute atomic E-state index is 12.1. The van der Waals surface area contributed by atoms with E-state index in [1.807, 2.05) is 37.4 Å². The van der Waals surface area contributed by atoms with Crippen molar-refractivity contribution in [3.8, 4) is 0 Å². The molecule has 19 heavy (non-hydrogen) atoms. The topological polar surface area (TPSA) is 59.8 Å². The van der Waals surface area contributed by atoms with E-state index < -0.39 is 0 Å². The molecule has 3 aromatic rings. The van der Waals surface area contributed by atoms with Crippen LogP contribution in [0.25, 0.3) is 11.2 Å². The molecule has 1 N–H and O–H groups in total. The number of aromatic nitrogens is 3. The molecule has 2 heterocycles. The van der Waals surface area contributed by atoms with E-state index >= 15 is 0 Å². The normalized spacial score (nSPS) is 10.6. The van der Waals surface area contributed by atoms with E-state index in [4.69, 9.17) is 0 Å². The lowest BCUT2D eigenvalue weighted by Crippen LogP contribution is -2.14. The van der Waals surface area contributed by atoms with Gasteiger partial charge < -0.3 is 0 Å². The van der Waals surface area contributed by atoms with Crippen molar-refractivity contribution < 1.29 is 4.79 Å². The number of imidazole rings is 1. The van der Waals surface area contributed by atoms with Crippen LogP contribution in [0.2, 0.25) is 0 Å². The van der Waals surface area contributed by atoms with Gasteiger partial charge in [0.15, 0.2) is 5.65 Å². The molecule has 1 aromatic carbocycles. The first kappa shape index (κ1) is 11.4. The van der Waals surface area contributed by atoms with Crippen LogP contribution in [-0.2, 0) is 7.05 Å². The highest BCUT2D eigenvalue weighted by Gasteiger charge is 2.12. The number of carbonyl (C=O) groups excluding carboxylic acids is 1. The second-order valence-electron chi connectivity index (χ2n) is 4.16. The van der Waals surface area contributed by atoms with Gasteiger partial charge in [-0.25, -0.2) is 9.97 Å². The van der Waals surface area contributed by atoms with Crippen molar-refractivity contribution in [3.05, 3.63) is 54.2 Å². The number of anilines is 1. The number of carbonyl (C=O) groups is 1. The first-order chi connectivity index (χ1) is 9.25. The lowest BCUT2D eigenvalue weighted by atomic mass is 10.2. The average molecular weight is 252 g/mol. The molecule has 2 aromatic heterocycles. The highest BCUT2D eigenvalue weighted by molar-refractivity contribution is 6.03. The van der Waals surface area contributed by atoms with Gasteiger partial charge in [0.05, 0.1) is 0 Å². The van der Waals surface area contributed by atoms with Crippen LogP contribution in [0, 0.1) is 0 Å². The number of aryl methyl sites for hydroxylation is 1. The Morgan fingerprint density at radius 2 is 1.95 bits per heavy atom. The fourth-order valence-corrected chi connectivity index (χ4v) is 1.90. The third-order valence-electron chi connectivity index (χ3n) is 2.89. The second kappa shape index (κ2) is 4.53. The molecule has 1 amide bonds. The molecule has 5 heteroatoms. The quantitative estimate of drug-likeness (QED) is 0.760. The summed E-state index contributed by atoms with van der Waals surface area (Å²) in [6.45, 7) is 0. The minimum Gasteiger partial charge on any atom is -0.298 e. The van der Waals surface area contributed by atoms with Gasteiger partial charge in [0, 0.05) is 18.8 Å². The first-order valence-electron chi connectivity index (χ1n) is 5.89. The summed E-state index contributed by atoms with van der Waals surface area (Å²) in [4.78, 5) is 20.6. The van der Waals surface area contributed by atoms with Crippen LogP contribution in [0.15, 0.2) is 48.7 Å². The molecule has 0 bridgehead atoms. The molecule has 0 spiro atoms. The Bertz CT molecular complexity index is 734. The number of pyridine rings is 1. The van der Waals surface area contributed by atoms with Crippen molar-refractivity contribution in [2.45, 2.75) is 0 Å². The number of nitrogens with one attached hydrogen (secondary N) is 1. The summed E-state index contributed by atoms with van der Waals surface area (Å²) in [5, 5.41) is 2.79. The van der Waals surface area contributed by atoms with Gasteiger partial charge in [0.25, 0.3) is 5.91 Å². The summed E-state index contributed by atoms with van der Waals surface area (Å²) in [6.07, 6.45) is 1.70. The van der Waals surface area contributed by atoms with Crippen molar-refractivity contribution in [3.63, 3.8) is 0 Å². The van der Waals surface area contributed by atoms with Gasteiger partial charge in [0.1, 0.15) is 5.52 Å². The largest absolute Gasteiger partial charge is 0.298 e. The van der Waals surface area contributed by atoms with Crippen LogP contribution in [0.3, 0.4) is 0 Å². The lowest BCUT2D eigenvalue weighted by Gasteiger charge is -2.04. The number of benzene rings is 1. The Morgan fingerprint density at radius 1 is 1.16 bits per heavy atom. The molecule has 0 aliphatic rings. The van der Waals surface area contributed by atoms with Crippen LogP contribution in [-0.4, -0.2) is 20.4 Å². The first-order valence-corrected chi connectivity index (χ1v) is 5.89. The standard InChI is InChI=1S/C14H12N4O/c1-18-12-11(8-5-9-15-12)16-14(18)17-13(19)10-6-3-2-4-7-10/h2-9H,1H3,(H,16,17,19). The third-order valence-corrected chi connectivity index (χ3v) is 2.89. The number of hydrogen-bond donors (Lipinski definition) is 1. The van der Waals surface area contributed by atoms with Crippen molar-refractivity contribution in [1.29, 1.82) is 0 Å². The monoisotopic (exact) mass is 252 g/mol. The van der Waals surface area contributed by atoms with Gasteiger partial charge in [0.2, 0.25) is 5.95 Å². The van der Waals surface area contributed by atoms with Gasteiger partial charge in [-0.2, -0.15) is 0 Å². The number of hydrogen-bond acceptors (Lipinski definition) is 3. The van der Waals surface area contributed by atoms with E-state index in [2.05, 4.69) is 15.3 Å². The number of rotatable bonds is 2. The third kappa shape index (κ3) is 2.06. The number of amides is 1. The zero-order chi connectivity index (χ0) is 13.2. The van der Waals surface area contributed by atoms with Crippen molar-refractivity contribution >= 4 is 23.0 Å². The molecule has 0 atom stereocenters. The molecular weight excluding hydrogens is 240 g/mol. The van der Waals surface area contributed by atoms with Crippen molar-refractivity contribution in [1.82, 2.24) is 14.5 Å². The van der Waals surface area contributed by atoms with Gasteiger partial charge >= 0.3 is 0 Å². The molecule has 94 valence electrons. The highest BCUT2D eigenvalue weighted by atomic mass is 16.1. The van der Waals surface area contributed by atoms with E-state index in [0.717, 1.165) is 11.2 Å². The van der Waals surface area contributed by atoms with E-state index in [9.17, 15) is 4.79 Å². The van der Waals surface area contributed by atoms with Crippen LogP contribution in [0.5, 0.6) is 0 Å². The van der Waals surface area contributed by atoms with Gasteiger partial charge in [-0.3, -0.25) is 14.7 Å². The van der Waals surface area contributed by atoms with Crippen LogP contribution in [0.4, 0.5) is 5.95 Å². The molecule has 0 aliphatic heterocycles. The van der Waals surface area contributed by atoms with Gasteiger partial charge in [-0.15, -0.1) is 0 Å². The average Bonchev–Trinajstić information content (AvgIpc) is 2.77. The zero-order valence-corrected chi connectivity index (χ0v) is 10.4. The fourth-order valence-electron chi connectivity index (χ4n) is 1.90. The Labute approximate surface area is 109 Å². The van der Waals surface area contributed by atoms with Crippen molar-refractivity contribution in [2.24, 2.45) is 7.05 Å². The summed E-state index contributed by atoms with van der Waals surface area (Å²) >= 11 is 0. The molecule has 0 saturated carbocycles. The van der Waals surface area contributed by atoms with E-state index in [1.54, 1.807) is 22.9 Å². The number of fused-ring (bicyclic) bond motifs is 1. The van der Waals surface area contributed by atoms with Crippen LogP contribution < -0.4 is 5.32 Å². The summed E-state index contributed by atoms with van der Waals surface area (Å²) < 4.78 is 1.76. The lowest BCUT2D eigenvalue weighted by molar-refractivity contribution is 0.102. The molecular formula is C14H12N4O. The van der Waals surface area contributed by atoms with Gasteiger partial charge in [-0.1, -0.05) is 18.2 Å². The highest BCUT2D eigenvalue weighted by Crippen LogP contribution is 2.15. The molecule has 5 nitrogen and oxygen atoms in total. The predicted octanol–water partition coefficient (Wildman–Crippen LogP) is 2.22. The molecule has 0 radical (unpaired) electrons. The van der Waals surface area contributed by atoms with Crippen LogP contribution >= 0.6 is 0 Å². The Balaban J connectivity index is 1.94. The Kier molecular flexibility index (Phi) is 2.72. The Hall–Kier alpha value is -2.69. The summed E-state index contributed by atoms with van der Waals surface area (Å²) in [6, 6.07) is 12.7. The number of nitrogens with zero attached hydrogens (tertiary/aromatic N) is 3. The zero-order valence-electron chi connectivity index (χ0n) is 10.4. The second-order valence-corrected chi connectivity index (χ2v) is 4.16. The summed E-state index contributed by atoms with van der Waals surface area (Å²) in [5.74, 6) is 0.307.